The Morgan fingerprint density at radius 3 is 1.03 bits per heavy atom. The van der Waals surface area contributed by atoms with Crippen molar-refractivity contribution in [3.05, 3.63) is 60.8 Å². The minimum atomic E-state index is -0.779. The van der Waals surface area contributed by atoms with Gasteiger partial charge in [0, 0.05) is 19.3 Å². The van der Waals surface area contributed by atoms with Crippen LogP contribution in [0.4, 0.5) is 0 Å². The van der Waals surface area contributed by atoms with E-state index in [-0.39, 0.29) is 31.1 Å². The molecule has 0 spiro atoms. The summed E-state index contributed by atoms with van der Waals surface area (Å²) < 4.78 is 16.8. The van der Waals surface area contributed by atoms with Crippen molar-refractivity contribution in [1.82, 2.24) is 0 Å². The van der Waals surface area contributed by atoms with Crippen LogP contribution >= 0.6 is 0 Å². The maximum absolute atomic E-state index is 12.8. The number of rotatable bonds is 46. The van der Waals surface area contributed by atoms with Crippen molar-refractivity contribution >= 4 is 17.9 Å². The summed E-state index contributed by atoms with van der Waals surface area (Å²) >= 11 is 0. The van der Waals surface area contributed by atoms with Crippen LogP contribution in [0.1, 0.15) is 252 Å². The number of esters is 3. The average Bonchev–Trinajstić information content (AvgIpc) is 3.26. The van der Waals surface area contributed by atoms with Gasteiger partial charge < -0.3 is 14.2 Å². The molecule has 0 bridgehead atoms. The summed E-state index contributed by atoms with van der Waals surface area (Å²) in [6.07, 6.45) is 60.6. The van der Waals surface area contributed by atoms with Gasteiger partial charge in [-0.3, -0.25) is 14.4 Å². The third-order valence-corrected chi connectivity index (χ3v) is 11.0. The Kier molecular flexibility index (Phi) is 47.4. The number of carbonyl (C=O) groups excluding carboxylic acids is 3. The highest BCUT2D eigenvalue weighted by Crippen LogP contribution is 2.14. The minimum absolute atomic E-state index is 0.0791. The molecule has 0 aromatic heterocycles. The molecule has 0 rings (SSSR count). The van der Waals surface area contributed by atoms with E-state index in [0.717, 1.165) is 89.9 Å². The first-order valence-electron chi connectivity index (χ1n) is 25.8. The molecule has 352 valence electrons. The van der Waals surface area contributed by atoms with Crippen LogP contribution in [0.5, 0.6) is 0 Å². The quantitative estimate of drug-likeness (QED) is 0.0263. The fraction of sp³-hybridized carbons (Fsp3) is 0.764. The first-order chi connectivity index (χ1) is 30.0. The fourth-order valence-electron chi connectivity index (χ4n) is 7.13. The molecule has 0 fully saturated rings. The Morgan fingerprint density at radius 2 is 0.639 bits per heavy atom. The first kappa shape index (κ1) is 58.1. The van der Waals surface area contributed by atoms with Crippen molar-refractivity contribution in [2.24, 2.45) is 0 Å². The summed E-state index contributed by atoms with van der Waals surface area (Å²) in [4.78, 5) is 37.9. The normalized spacial score (nSPS) is 12.5. The van der Waals surface area contributed by atoms with Crippen molar-refractivity contribution in [1.29, 1.82) is 0 Å². The van der Waals surface area contributed by atoms with Gasteiger partial charge in [0.1, 0.15) is 13.2 Å². The highest BCUT2D eigenvalue weighted by molar-refractivity contribution is 5.71. The van der Waals surface area contributed by atoms with Crippen LogP contribution in [0.15, 0.2) is 60.8 Å². The minimum Gasteiger partial charge on any atom is -0.462 e. The van der Waals surface area contributed by atoms with Crippen molar-refractivity contribution in [3.63, 3.8) is 0 Å². The van der Waals surface area contributed by atoms with Crippen LogP contribution < -0.4 is 0 Å². The molecule has 0 saturated heterocycles. The lowest BCUT2D eigenvalue weighted by Crippen LogP contribution is -2.30. The van der Waals surface area contributed by atoms with Crippen LogP contribution in [0.3, 0.4) is 0 Å². The van der Waals surface area contributed by atoms with Crippen LogP contribution in [0.25, 0.3) is 0 Å². The van der Waals surface area contributed by atoms with E-state index < -0.39 is 6.10 Å². The van der Waals surface area contributed by atoms with Crippen LogP contribution in [0, 0.1) is 0 Å². The average molecular weight is 853 g/mol. The van der Waals surface area contributed by atoms with Gasteiger partial charge in [-0.2, -0.15) is 0 Å². The van der Waals surface area contributed by atoms with Crippen LogP contribution in [0.2, 0.25) is 0 Å². The zero-order valence-electron chi connectivity index (χ0n) is 40.2. The van der Waals surface area contributed by atoms with E-state index in [0.29, 0.717) is 19.3 Å². The van der Waals surface area contributed by atoms with Gasteiger partial charge in [-0.1, -0.05) is 210 Å². The number of carbonyl (C=O) groups is 3. The van der Waals surface area contributed by atoms with Gasteiger partial charge in [-0.25, -0.2) is 0 Å². The Morgan fingerprint density at radius 1 is 0.344 bits per heavy atom. The zero-order valence-corrected chi connectivity index (χ0v) is 40.2. The lowest BCUT2D eigenvalue weighted by atomic mass is 10.1. The molecular formula is C55H96O6. The van der Waals surface area contributed by atoms with E-state index in [9.17, 15) is 14.4 Å². The van der Waals surface area contributed by atoms with Crippen molar-refractivity contribution < 1.29 is 28.6 Å². The van der Waals surface area contributed by atoms with Gasteiger partial charge >= 0.3 is 17.9 Å². The van der Waals surface area contributed by atoms with E-state index in [2.05, 4.69) is 81.5 Å². The van der Waals surface area contributed by atoms with Crippen molar-refractivity contribution in [3.8, 4) is 0 Å². The monoisotopic (exact) mass is 853 g/mol. The molecule has 6 nitrogen and oxygen atoms in total. The molecule has 0 amide bonds. The third kappa shape index (κ3) is 48.0. The van der Waals surface area contributed by atoms with Gasteiger partial charge in [0.15, 0.2) is 6.10 Å². The zero-order chi connectivity index (χ0) is 44.4. The van der Waals surface area contributed by atoms with Crippen LogP contribution in [-0.2, 0) is 28.6 Å². The molecule has 1 unspecified atom stereocenters. The van der Waals surface area contributed by atoms with E-state index in [1.54, 1.807) is 0 Å². The summed E-state index contributed by atoms with van der Waals surface area (Å²) in [7, 11) is 0. The number of hydrogen-bond acceptors (Lipinski definition) is 6. The van der Waals surface area contributed by atoms with Gasteiger partial charge in [0.2, 0.25) is 0 Å². The molecule has 0 aromatic rings. The summed E-state index contributed by atoms with van der Waals surface area (Å²) in [6, 6.07) is 0. The van der Waals surface area contributed by atoms with Gasteiger partial charge in [-0.05, 0) is 83.5 Å². The summed E-state index contributed by atoms with van der Waals surface area (Å²) in [6.45, 7) is 6.48. The molecular weight excluding hydrogens is 757 g/mol. The Labute approximate surface area is 377 Å². The molecule has 0 aromatic carbocycles. The lowest BCUT2D eigenvalue weighted by Gasteiger charge is -2.18. The van der Waals surface area contributed by atoms with Gasteiger partial charge in [0.25, 0.3) is 0 Å². The Hall–Kier alpha value is -2.89. The van der Waals surface area contributed by atoms with E-state index in [1.807, 2.05) is 0 Å². The largest absolute Gasteiger partial charge is 0.462 e. The first-order valence-corrected chi connectivity index (χ1v) is 25.8. The summed E-state index contributed by atoms with van der Waals surface area (Å²) in [5.41, 5.74) is 0. The van der Waals surface area contributed by atoms with Gasteiger partial charge in [-0.15, -0.1) is 0 Å². The van der Waals surface area contributed by atoms with E-state index in [1.165, 1.54) is 122 Å². The molecule has 0 aliphatic heterocycles. The number of ether oxygens (including phenoxy) is 3. The van der Waals surface area contributed by atoms with E-state index in [4.69, 9.17) is 14.2 Å². The Balaban J connectivity index is 4.34. The highest BCUT2D eigenvalue weighted by Gasteiger charge is 2.19. The SMILES string of the molecule is CC/C=C\C/C=C\C/C=C\C/C=C\CCCCCCCCC(=O)OCC(COC(=O)CCCCCCCCCCC)OC(=O)CCCCCCCCC/C=C\CCCCCC. The fourth-order valence-corrected chi connectivity index (χ4v) is 7.13. The smallest absolute Gasteiger partial charge is 0.306 e. The summed E-state index contributed by atoms with van der Waals surface area (Å²) in [5.74, 6) is -0.897. The number of hydrogen-bond donors (Lipinski definition) is 0. The maximum Gasteiger partial charge on any atom is 0.306 e. The molecule has 1 atom stereocenters. The molecule has 0 heterocycles. The predicted molar refractivity (Wildman–Crippen MR) is 261 cm³/mol. The summed E-state index contributed by atoms with van der Waals surface area (Å²) in [5, 5.41) is 0. The number of allylic oxidation sites excluding steroid dienone is 10. The molecule has 6 heteroatoms. The van der Waals surface area contributed by atoms with Crippen molar-refractivity contribution in [2.75, 3.05) is 13.2 Å². The molecule has 0 radical (unpaired) electrons. The molecule has 61 heavy (non-hydrogen) atoms. The lowest BCUT2D eigenvalue weighted by molar-refractivity contribution is -0.167. The second-order valence-corrected chi connectivity index (χ2v) is 17.1. The molecule has 0 aliphatic rings. The second kappa shape index (κ2) is 49.8. The Bertz CT molecular complexity index is 1120. The topological polar surface area (TPSA) is 78.9 Å². The molecule has 0 N–H and O–H groups in total. The van der Waals surface area contributed by atoms with Crippen LogP contribution in [-0.4, -0.2) is 37.2 Å². The molecule has 0 saturated carbocycles. The van der Waals surface area contributed by atoms with Gasteiger partial charge in [0.05, 0.1) is 0 Å². The molecule has 0 aliphatic carbocycles. The predicted octanol–water partition coefficient (Wildman–Crippen LogP) is 16.9. The number of unbranched alkanes of at least 4 members (excludes halogenated alkanes) is 25. The second-order valence-electron chi connectivity index (χ2n) is 17.1. The highest BCUT2D eigenvalue weighted by atomic mass is 16.6. The standard InChI is InChI=1S/C55H96O6/c1-4-7-10-13-16-19-21-23-25-26-27-28-30-31-33-36-39-42-45-48-54(57)60-51-52(50-59-53(56)47-44-41-38-35-18-15-12-9-6-3)61-55(58)49-46-43-40-37-34-32-29-24-22-20-17-14-11-8-5-2/h7,10,16,19-20,22-23,25,27-28,52H,4-6,8-9,11-15,17-18,21,24,26,29-51H2,1-3H3/b10-7-,19-16-,22-20-,25-23-,28-27-. The third-order valence-electron chi connectivity index (χ3n) is 11.0. The maximum atomic E-state index is 12.8. The van der Waals surface area contributed by atoms with E-state index >= 15 is 0 Å². The van der Waals surface area contributed by atoms with Crippen molar-refractivity contribution in [2.45, 2.75) is 258 Å².